The molecule has 4 heterocycles. The zero-order valence-corrected chi connectivity index (χ0v) is 13.4. The normalized spacial score (nSPS) is 16.8. The molecule has 3 aromatic heterocycles. The van der Waals surface area contributed by atoms with Crippen LogP contribution >= 0.6 is 0 Å². The number of amides is 1. The maximum absolute atomic E-state index is 12.7. The van der Waals surface area contributed by atoms with Gasteiger partial charge in [0.2, 0.25) is 5.69 Å². The van der Waals surface area contributed by atoms with Crippen LogP contribution in [0.1, 0.15) is 22.5 Å². The van der Waals surface area contributed by atoms with E-state index in [9.17, 15) is 4.79 Å². The van der Waals surface area contributed by atoms with Crippen LogP contribution in [0.15, 0.2) is 49.1 Å². The van der Waals surface area contributed by atoms with E-state index in [1.807, 2.05) is 47.1 Å². The monoisotopic (exact) mass is 333 g/mol. The summed E-state index contributed by atoms with van der Waals surface area (Å²) in [5.74, 6) is 0.202. The van der Waals surface area contributed by atoms with E-state index < -0.39 is 0 Å². The fourth-order valence-electron chi connectivity index (χ4n) is 3.01. The van der Waals surface area contributed by atoms with Crippen LogP contribution in [0.25, 0.3) is 5.52 Å². The van der Waals surface area contributed by atoms with Crippen LogP contribution in [-0.2, 0) is 0 Å². The van der Waals surface area contributed by atoms with Crippen molar-refractivity contribution in [2.24, 2.45) is 0 Å². The Kier molecular flexibility index (Phi) is 3.78. The predicted octanol–water partition coefficient (Wildman–Crippen LogP) is 1.89. The number of carbonyl (C=O) groups excluding carboxylic acids is 1. The molecule has 0 aromatic carbocycles. The van der Waals surface area contributed by atoms with Gasteiger partial charge in [-0.1, -0.05) is 6.07 Å². The lowest BCUT2D eigenvalue weighted by Gasteiger charge is -2.16. The van der Waals surface area contributed by atoms with Gasteiger partial charge in [-0.25, -0.2) is 9.97 Å². The fourth-order valence-corrected chi connectivity index (χ4v) is 3.01. The Morgan fingerprint density at radius 1 is 1.32 bits per heavy atom. The zero-order chi connectivity index (χ0) is 17.2. The summed E-state index contributed by atoms with van der Waals surface area (Å²) in [7, 11) is 0. The molecular weight excluding hydrogens is 318 g/mol. The van der Waals surface area contributed by atoms with Crippen LogP contribution in [0, 0.1) is 11.3 Å². The van der Waals surface area contributed by atoms with E-state index in [4.69, 9.17) is 10.00 Å². The third-order valence-corrected chi connectivity index (χ3v) is 4.23. The first-order chi connectivity index (χ1) is 12.2. The predicted molar refractivity (Wildman–Crippen MR) is 89.1 cm³/mol. The lowest BCUT2D eigenvalue weighted by Crippen LogP contribution is -2.30. The van der Waals surface area contributed by atoms with E-state index in [0.717, 1.165) is 5.52 Å². The maximum atomic E-state index is 12.7. The number of carbonyl (C=O) groups is 1. The van der Waals surface area contributed by atoms with E-state index in [1.165, 1.54) is 12.4 Å². The van der Waals surface area contributed by atoms with Crippen molar-refractivity contribution in [1.29, 1.82) is 5.26 Å². The van der Waals surface area contributed by atoms with Crippen LogP contribution in [0.5, 0.6) is 5.88 Å². The number of rotatable bonds is 3. The van der Waals surface area contributed by atoms with Gasteiger partial charge in [-0.2, -0.15) is 5.26 Å². The quantitative estimate of drug-likeness (QED) is 0.731. The number of fused-ring (bicyclic) bond motifs is 1. The summed E-state index contributed by atoms with van der Waals surface area (Å²) in [5.41, 5.74) is 1.80. The van der Waals surface area contributed by atoms with Crippen LogP contribution in [0.4, 0.5) is 0 Å². The highest BCUT2D eigenvalue weighted by Gasteiger charge is 2.29. The summed E-state index contributed by atoms with van der Waals surface area (Å²) >= 11 is 0. The number of hydrogen-bond acceptors (Lipinski definition) is 5. The number of ether oxygens (including phenoxy) is 1. The maximum Gasteiger partial charge on any atom is 0.255 e. The number of nitrogens with zero attached hydrogens (tertiary/aromatic N) is 5. The summed E-state index contributed by atoms with van der Waals surface area (Å²) in [4.78, 5) is 22.5. The zero-order valence-electron chi connectivity index (χ0n) is 13.4. The largest absolute Gasteiger partial charge is 0.470 e. The SMILES string of the molecule is N#Cc1nccnc1OC1CCN(C(=O)c2cc3ccccn3c2)C1. The van der Waals surface area contributed by atoms with Gasteiger partial charge in [0, 0.05) is 43.3 Å². The van der Waals surface area contributed by atoms with Gasteiger partial charge in [-0.15, -0.1) is 0 Å². The van der Waals surface area contributed by atoms with Gasteiger partial charge >= 0.3 is 0 Å². The molecule has 1 atom stereocenters. The van der Waals surface area contributed by atoms with Crippen molar-refractivity contribution in [3.05, 3.63) is 60.3 Å². The van der Waals surface area contributed by atoms with Gasteiger partial charge < -0.3 is 14.0 Å². The summed E-state index contributed by atoms with van der Waals surface area (Å²) < 4.78 is 7.70. The third-order valence-electron chi connectivity index (χ3n) is 4.23. The van der Waals surface area contributed by atoms with Crippen molar-refractivity contribution in [2.45, 2.75) is 12.5 Å². The van der Waals surface area contributed by atoms with Crippen LogP contribution < -0.4 is 4.74 Å². The summed E-state index contributed by atoms with van der Waals surface area (Å²) in [6.45, 7) is 1.07. The van der Waals surface area contributed by atoms with Gasteiger partial charge in [0.05, 0.1) is 12.1 Å². The van der Waals surface area contributed by atoms with Gasteiger partial charge in [0.15, 0.2) is 0 Å². The molecule has 1 unspecified atom stereocenters. The van der Waals surface area contributed by atoms with Crippen LogP contribution in [0.3, 0.4) is 0 Å². The highest BCUT2D eigenvalue weighted by Crippen LogP contribution is 2.21. The molecule has 0 aliphatic carbocycles. The van der Waals surface area contributed by atoms with Crippen LogP contribution in [0.2, 0.25) is 0 Å². The lowest BCUT2D eigenvalue weighted by molar-refractivity contribution is 0.0771. The molecule has 1 aliphatic heterocycles. The second-order valence-corrected chi connectivity index (χ2v) is 5.86. The molecule has 0 N–H and O–H groups in total. The number of nitriles is 1. The highest BCUT2D eigenvalue weighted by atomic mass is 16.5. The molecule has 0 radical (unpaired) electrons. The molecule has 124 valence electrons. The highest BCUT2D eigenvalue weighted by molar-refractivity contribution is 5.95. The molecule has 1 amide bonds. The van der Waals surface area contributed by atoms with Crippen molar-refractivity contribution in [1.82, 2.24) is 19.3 Å². The number of likely N-dealkylation sites (tertiary alicyclic amines) is 1. The van der Waals surface area contributed by atoms with Gasteiger partial charge in [0.25, 0.3) is 11.8 Å². The molecule has 0 bridgehead atoms. The van der Waals surface area contributed by atoms with E-state index in [1.54, 1.807) is 4.90 Å². The van der Waals surface area contributed by atoms with Crippen LogP contribution in [-0.4, -0.2) is 44.4 Å². The molecule has 1 fully saturated rings. The standard InChI is InChI=1S/C18H15N5O2/c19-10-16-17(21-6-5-20-16)25-15-4-8-23(12-15)18(24)13-9-14-3-1-2-7-22(14)11-13/h1-3,5-7,9,11,15H,4,8,12H2. The first-order valence-electron chi connectivity index (χ1n) is 7.98. The summed E-state index contributed by atoms with van der Waals surface area (Å²) in [6, 6.07) is 9.67. The second kappa shape index (κ2) is 6.24. The van der Waals surface area contributed by atoms with E-state index in [2.05, 4.69) is 9.97 Å². The van der Waals surface area contributed by atoms with E-state index in [0.29, 0.717) is 25.1 Å². The number of aromatic nitrogens is 3. The Balaban J connectivity index is 1.46. The first-order valence-corrected chi connectivity index (χ1v) is 7.98. The topological polar surface area (TPSA) is 83.5 Å². The van der Waals surface area contributed by atoms with Gasteiger partial charge in [0.1, 0.15) is 12.2 Å². The third kappa shape index (κ3) is 2.90. The molecular formula is C18H15N5O2. The van der Waals surface area contributed by atoms with Gasteiger partial charge in [-0.3, -0.25) is 4.79 Å². The molecule has 1 aliphatic rings. The summed E-state index contributed by atoms with van der Waals surface area (Å²) in [5, 5.41) is 9.05. The minimum Gasteiger partial charge on any atom is -0.470 e. The van der Waals surface area contributed by atoms with E-state index in [-0.39, 0.29) is 23.6 Å². The Morgan fingerprint density at radius 2 is 2.20 bits per heavy atom. The first kappa shape index (κ1) is 15.1. The second-order valence-electron chi connectivity index (χ2n) is 5.86. The van der Waals surface area contributed by atoms with Crippen molar-refractivity contribution in [3.63, 3.8) is 0 Å². The van der Waals surface area contributed by atoms with Crippen molar-refractivity contribution in [3.8, 4) is 11.9 Å². The minimum atomic E-state index is -0.190. The van der Waals surface area contributed by atoms with Crippen molar-refractivity contribution < 1.29 is 9.53 Å². The molecule has 0 spiro atoms. The number of hydrogen-bond donors (Lipinski definition) is 0. The minimum absolute atomic E-state index is 0.0190. The van der Waals surface area contributed by atoms with Crippen molar-refractivity contribution >= 4 is 11.4 Å². The fraction of sp³-hybridized carbons (Fsp3) is 0.222. The Hall–Kier alpha value is -3.40. The molecule has 0 saturated carbocycles. The molecule has 25 heavy (non-hydrogen) atoms. The Bertz CT molecular complexity index is 942. The smallest absolute Gasteiger partial charge is 0.255 e. The van der Waals surface area contributed by atoms with E-state index >= 15 is 0 Å². The molecule has 4 rings (SSSR count). The average molecular weight is 333 g/mol. The van der Waals surface area contributed by atoms with Gasteiger partial charge in [-0.05, 0) is 18.2 Å². The molecule has 1 saturated heterocycles. The average Bonchev–Trinajstić information content (AvgIpc) is 3.28. The Morgan fingerprint density at radius 3 is 3.04 bits per heavy atom. The summed E-state index contributed by atoms with van der Waals surface area (Å²) in [6.07, 6.45) is 7.20. The lowest BCUT2D eigenvalue weighted by atomic mass is 10.3. The number of pyridine rings is 1. The van der Waals surface area contributed by atoms with Crippen molar-refractivity contribution in [2.75, 3.05) is 13.1 Å². The molecule has 3 aromatic rings. The molecule has 7 heteroatoms. The Labute approximate surface area is 144 Å². The molecule has 7 nitrogen and oxygen atoms in total.